The largest absolute Gasteiger partial charge is 0.359 e. The van der Waals surface area contributed by atoms with Gasteiger partial charge in [0.25, 0.3) is 5.56 Å². The number of aromatic nitrogens is 5. The van der Waals surface area contributed by atoms with Crippen molar-refractivity contribution < 1.29 is 0 Å². The summed E-state index contributed by atoms with van der Waals surface area (Å²) in [4.78, 5) is 23.6. The molecule has 0 atom stereocenters. The molecular weight excluding hydrogens is 286 g/mol. The lowest BCUT2D eigenvalue weighted by atomic mass is 10.2. The first-order valence-electron chi connectivity index (χ1n) is 6.40. The second-order valence-corrected chi connectivity index (χ2v) is 5.78. The van der Waals surface area contributed by atoms with E-state index in [0.29, 0.717) is 16.0 Å². The number of aryl methyl sites for hydroxylation is 1. The zero-order valence-electron chi connectivity index (χ0n) is 11.1. The zero-order chi connectivity index (χ0) is 14.4. The van der Waals surface area contributed by atoms with E-state index in [0.717, 1.165) is 21.8 Å². The maximum Gasteiger partial charge on any atom is 0.269 e. The normalized spacial score (nSPS) is 11.3. The van der Waals surface area contributed by atoms with Crippen molar-refractivity contribution in [2.75, 3.05) is 0 Å². The first-order chi connectivity index (χ1) is 10.2. The van der Waals surface area contributed by atoms with E-state index in [-0.39, 0.29) is 5.56 Å². The molecule has 0 aromatic carbocycles. The van der Waals surface area contributed by atoms with Gasteiger partial charge in [-0.05, 0) is 25.1 Å². The van der Waals surface area contributed by atoms with Crippen molar-refractivity contribution in [1.82, 2.24) is 25.1 Å². The summed E-state index contributed by atoms with van der Waals surface area (Å²) < 4.78 is 0.626. The number of H-pyrrole nitrogens is 3. The fourth-order valence-electron chi connectivity index (χ4n) is 2.28. The van der Waals surface area contributed by atoms with Gasteiger partial charge in [-0.3, -0.25) is 9.89 Å². The van der Waals surface area contributed by atoms with Crippen LogP contribution in [0.4, 0.5) is 0 Å². The molecule has 0 fully saturated rings. The maximum atomic E-state index is 12.2. The van der Waals surface area contributed by atoms with Crippen molar-refractivity contribution in [1.29, 1.82) is 0 Å². The van der Waals surface area contributed by atoms with Crippen molar-refractivity contribution in [3.63, 3.8) is 0 Å². The lowest BCUT2D eigenvalue weighted by Gasteiger charge is -1.96. The number of hydrogen-bond acceptors (Lipinski definition) is 4. The number of aromatic amines is 3. The Kier molecular flexibility index (Phi) is 2.55. The smallest absolute Gasteiger partial charge is 0.269 e. The first kappa shape index (κ1) is 12.1. The summed E-state index contributed by atoms with van der Waals surface area (Å²) in [7, 11) is 0. The van der Waals surface area contributed by atoms with E-state index in [2.05, 4.69) is 25.1 Å². The predicted octanol–water partition coefficient (Wildman–Crippen LogP) is 2.68. The van der Waals surface area contributed by atoms with Crippen molar-refractivity contribution in [3.8, 4) is 22.0 Å². The standard InChI is InChI=1S/C14H11N5OS/c1-7-8(6-16-19-7)11-5-10-12(21-11)14(20)18-13(17-10)9-3-2-4-15-9/h2-6,15H,1H3,(H,16,19)(H,17,18,20). The highest BCUT2D eigenvalue weighted by Crippen LogP contribution is 2.32. The van der Waals surface area contributed by atoms with Gasteiger partial charge in [-0.1, -0.05) is 0 Å². The summed E-state index contributed by atoms with van der Waals surface area (Å²) >= 11 is 1.43. The molecule has 4 rings (SSSR count). The molecule has 0 radical (unpaired) electrons. The van der Waals surface area contributed by atoms with Crippen molar-refractivity contribution >= 4 is 21.6 Å². The second kappa shape index (κ2) is 4.42. The zero-order valence-corrected chi connectivity index (χ0v) is 11.9. The van der Waals surface area contributed by atoms with Crippen molar-refractivity contribution in [2.24, 2.45) is 0 Å². The van der Waals surface area contributed by atoms with Gasteiger partial charge in [0.2, 0.25) is 0 Å². The lowest BCUT2D eigenvalue weighted by Crippen LogP contribution is -2.07. The molecule has 21 heavy (non-hydrogen) atoms. The minimum atomic E-state index is -0.123. The van der Waals surface area contributed by atoms with E-state index < -0.39 is 0 Å². The maximum absolute atomic E-state index is 12.2. The topological polar surface area (TPSA) is 90.2 Å². The molecule has 0 amide bonds. The van der Waals surface area contributed by atoms with Crippen LogP contribution in [-0.4, -0.2) is 25.1 Å². The van der Waals surface area contributed by atoms with Crippen LogP contribution in [0, 0.1) is 6.92 Å². The third-order valence-electron chi connectivity index (χ3n) is 3.33. The van der Waals surface area contributed by atoms with Gasteiger partial charge < -0.3 is 9.97 Å². The van der Waals surface area contributed by atoms with Crippen LogP contribution in [0.15, 0.2) is 35.4 Å². The van der Waals surface area contributed by atoms with Gasteiger partial charge in [0.1, 0.15) is 4.70 Å². The fraction of sp³-hybridized carbons (Fsp3) is 0.0714. The molecule has 0 aliphatic heterocycles. The van der Waals surface area contributed by atoms with Gasteiger partial charge in [0.05, 0.1) is 17.4 Å². The summed E-state index contributed by atoms with van der Waals surface area (Å²) in [6, 6.07) is 5.67. The molecule has 4 heterocycles. The van der Waals surface area contributed by atoms with E-state index in [9.17, 15) is 4.79 Å². The van der Waals surface area contributed by atoms with E-state index >= 15 is 0 Å². The van der Waals surface area contributed by atoms with E-state index in [1.54, 1.807) is 12.4 Å². The highest BCUT2D eigenvalue weighted by molar-refractivity contribution is 7.22. The molecule has 0 aliphatic carbocycles. The Morgan fingerprint density at radius 2 is 2.24 bits per heavy atom. The minimum Gasteiger partial charge on any atom is -0.359 e. The third-order valence-corrected chi connectivity index (χ3v) is 4.49. The number of fused-ring (bicyclic) bond motifs is 1. The van der Waals surface area contributed by atoms with Crippen molar-refractivity contribution in [3.05, 3.63) is 46.6 Å². The summed E-state index contributed by atoms with van der Waals surface area (Å²) in [5.74, 6) is 0.547. The van der Waals surface area contributed by atoms with Crippen LogP contribution in [-0.2, 0) is 0 Å². The molecule has 4 aromatic heterocycles. The average Bonchev–Trinajstić information content (AvgIpc) is 3.17. The monoisotopic (exact) mass is 297 g/mol. The Balaban J connectivity index is 1.94. The Morgan fingerprint density at radius 1 is 1.33 bits per heavy atom. The average molecular weight is 297 g/mol. The third kappa shape index (κ3) is 1.90. The Morgan fingerprint density at radius 3 is 2.95 bits per heavy atom. The number of thiophene rings is 1. The molecule has 0 spiro atoms. The van der Waals surface area contributed by atoms with Gasteiger partial charge in [-0.15, -0.1) is 11.3 Å². The molecular formula is C14H11N5OS. The molecule has 0 saturated heterocycles. The van der Waals surface area contributed by atoms with E-state index in [1.165, 1.54) is 11.3 Å². The van der Waals surface area contributed by atoms with Crippen LogP contribution in [0.3, 0.4) is 0 Å². The molecule has 0 bridgehead atoms. The fourth-order valence-corrected chi connectivity index (χ4v) is 3.34. The predicted molar refractivity (Wildman–Crippen MR) is 82.3 cm³/mol. The van der Waals surface area contributed by atoms with Crippen molar-refractivity contribution in [2.45, 2.75) is 6.92 Å². The summed E-state index contributed by atoms with van der Waals surface area (Å²) in [5, 5.41) is 6.92. The number of rotatable bonds is 2. The van der Waals surface area contributed by atoms with Crippen LogP contribution < -0.4 is 5.56 Å². The highest BCUT2D eigenvalue weighted by atomic mass is 32.1. The first-order valence-corrected chi connectivity index (χ1v) is 7.22. The summed E-state index contributed by atoms with van der Waals surface area (Å²) in [6.07, 6.45) is 3.56. The SMILES string of the molecule is Cc1[nH]ncc1-c1cc2nc(-c3ccc[nH]3)[nH]c(=O)c2s1. The minimum absolute atomic E-state index is 0.123. The van der Waals surface area contributed by atoms with Gasteiger partial charge in [0, 0.05) is 22.3 Å². The van der Waals surface area contributed by atoms with E-state index in [1.807, 2.05) is 25.1 Å². The molecule has 3 N–H and O–H groups in total. The summed E-state index contributed by atoms with van der Waals surface area (Å²) in [5.41, 5.74) is 3.34. The van der Waals surface area contributed by atoms with Gasteiger partial charge in [-0.2, -0.15) is 5.10 Å². The molecule has 104 valence electrons. The number of nitrogens with zero attached hydrogens (tertiary/aromatic N) is 2. The van der Waals surface area contributed by atoms with Crippen LogP contribution in [0.1, 0.15) is 5.69 Å². The Bertz CT molecular complexity index is 977. The quantitative estimate of drug-likeness (QED) is 0.531. The molecule has 0 aliphatic rings. The molecule has 4 aromatic rings. The summed E-state index contributed by atoms with van der Waals surface area (Å²) in [6.45, 7) is 1.95. The van der Waals surface area contributed by atoms with Crippen LogP contribution in [0.2, 0.25) is 0 Å². The van der Waals surface area contributed by atoms with Crippen LogP contribution in [0.5, 0.6) is 0 Å². The molecule has 0 unspecified atom stereocenters. The molecule has 0 saturated carbocycles. The number of nitrogens with one attached hydrogen (secondary N) is 3. The van der Waals surface area contributed by atoms with Gasteiger partial charge >= 0.3 is 0 Å². The molecule has 6 nitrogen and oxygen atoms in total. The molecule has 7 heteroatoms. The van der Waals surface area contributed by atoms with Gasteiger partial charge in [-0.25, -0.2) is 4.98 Å². The Labute approximate surface area is 122 Å². The van der Waals surface area contributed by atoms with Crippen LogP contribution in [0.25, 0.3) is 32.2 Å². The lowest BCUT2D eigenvalue weighted by molar-refractivity contribution is 1.05. The van der Waals surface area contributed by atoms with E-state index in [4.69, 9.17) is 0 Å². The Hall–Kier alpha value is -2.67. The second-order valence-electron chi connectivity index (χ2n) is 4.73. The van der Waals surface area contributed by atoms with Crippen LogP contribution >= 0.6 is 11.3 Å². The highest BCUT2D eigenvalue weighted by Gasteiger charge is 2.13. The number of hydrogen-bond donors (Lipinski definition) is 3. The van der Waals surface area contributed by atoms with Gasteiger partial charge in [0.15, 0.2) is 5.82 Å².